The number of likely N-dealkylation sites (N-methyl/N-ethyl adjacent to an activating group) is 1. The average molecular weight is 737 g/mol. The third-order valence-corrected chi connectivity index (χ3v) is 10.8. The predicted molar refractivity (Wildman–Crippen MR) is 224 cm³/mol. The molecule has 1 saturated heterocycles. The minimum atomic E-state index is -1.22. The van der Waals surface area contributed by atoms with Crippen molar-refractivity contribution in [3.8, 4) is 22.8 Å². The molecule has 8 nitrogen and oxygen atoms in total. The van der Waals surface area contributed by atoms with E-state index in [1.165, 1.54) is 5.57 Å². The van der Waals surface area contributed by atoms with Gasteiger partial charge in [-0.1, -0.05) is 92.0 Å². The van der Waals surface area contributed by atoms with Gasteiger partial charge in [-0.3, -0.25) is 14.6 Å². The molecule has 0 radical (unpaired) electrons. The molecule has 0 saturated carbocycles. The van der Waals surface area contributed by atoms with Crippen LogP contribution in [-0.4, -0.2) is 87.7 Å². The van der Waals surface area contributed by atoms with Gasteiger partial charge >= 0.3 is 5.79 Å². The van der Waals surface area contributed by atoms with Crippen LogP contribution in [0.15, 0.2) is 149 Å². The van der Waals surface area contributed by atoms with Crippen molar-refractivity contribution in [1.82, 2.24) is 14.7 Å². The maximum Gasteiger partial charge on any atom is 0.305 e. The van der Waals surface area contributed by atoms with Gasteiger partial charge in [0.15, 0.2) is 16.8 Å². The molecule has 2 aliphatic heterocycles. The number of allylic oxidation sites excluding steroid dienone is 2. The first kappa shape index (κ1) is 37.9. The number of piperazine rings is 1. The zero-order valence-electron chi connectivity index (χ0n) is 32.2. The minimum absolute atomic E-state index is 0.136. The molecule has 0 amide bonds. The van der Waals surface area contributed by atoms with Gasteiger partial charge in [-0.25, -0.2) is 0 Å². The molecule has 7 rings (SSSR count). The lowest BCUT2D eigenvalue weighted by Crippen LogP contribution is -2.48. The standard InChI is InChI=1S/C47H52N4O4/c1-5-15-36(6-2)35-51-32-30-50(31-33-51)29-28-48(3)26-13-14-27-49(4)40-22-20-37(21-23-40)44-34-42(52)41-24-25-43-46(45(41)53-44)55-47(54-43,38-16-9-7-10-17-38)39-18-11-8-12-19-39/h5-12,15-25,34H,1-2,13-14,26-33,35H2,3-4H3/b36-15+. The lowest BCUT2D eigenvalue weighted by molar-refractivity contribution is -0.0456. The first-order valence-electron chi connectivity index (χ1n) is 19.4. The predicted octanol–water partition coefficient (Wildman–Crippen LogP) is 8.20. The Hall–Kier alpha value is -5.41. The molecule has 1 fully saturated rings. The normalized spacial score (nSPS) is 15.7. The van der Waals surface area contributed by atoms with Gasteiger partial charge < -0.3 is 23.7 Å². The number of hydrogen-bond acceptors (Lipinski definition) is 8. The van der Waals surface area contributed by atoms with Crippen LogP contribution in [0.4, 0.5) is 5.69 Å². The van der Waals surface area contributed by atoms with E-state index < -0.39 is 5.79 Å². The summed E-state index contributed by atoms with van der Waals surface area (Å²) in [6, 6.07) is 33.0. The van der Waals surface area contributed by atoms with E-state index in [0.717, 1.165) is 94.1 Å². The Morgan fingerprint density at radius 1 is 0.782 bits per heavy atom. The highest BCUT2D eigenvalue weighted by Gasteiger charge is 2.46. The summed E-state index contributed by atoms with van der Waals surface area (Å²) in [5, 5.41) is 0.443. The number of hydrogen-bond donors (Lipinski definition) is 0. The number of benzene rings is 4. The highest BCUT2D eigenvalue weighted by Crippen LogP contribution is 2.50. The fourth-order valence-electron chi connectivity index (χ4n) is 7.46. The van der Waals surface area contributed by atoms with Gasteiger partial charge in [0, 0.05) is 87.8 Å². The Bertz CT molecular complexity index is 2120. The molecule has 4 aromatic carbocycles. The van der Waals surface area contributed by atoms with Crippen LogP contribution >= 0.6 is 0 Å². The van der Waals surface area contributed by atoms with E-state index >= 15 is 0 Å². The van der Waals surface area contributed by atoms with Crippen molar-refractivity contribution < 1.29 is 13.9 Å². The lowest BCUT2D eigenvalue weighted by atomic mass is 9.97. The molecule has 0 spiro atoms. The zero-order valence-corrected chi connectivity index (χ0v) is 32.2. The van der Waals surface area contributed by atoms with E-state index in [9.17, 15) is 4.79 Å². The van der Waals surface area contributed by atoms with Crippen molar-refractivity contribution in [3.63, 3.8) is 0 Å². The Morgan fingerprint density at radius 3 is 2.09 bits per heavy atom. The SMILES string of the molecule is C=C/C=C(\C=C)CN1CCN(CCN(C)CCCCN(C)c2ccc(-c3cc(=O)c4ccc5c(c4o3)OC(c3ccccc3)(c3ccccc3)O5)cc2)CC1. The fourth-order valence-corrected chi connectivity index (χ4v) is 7.46. The highest BCUT2D eigenvalue weighted by atomic mass is 16.7. The van der Waals surface area contributed by atoms with E-state index in [-0.39, 0.29) is 5.43 Å². The number of anilines is 1. The Balaban J connectivity index is 0.934. The summed E-state index contributed by atoms with van der Waals surface area (Å²) < 4.78 is 19.8. The molecule has 1 aromatic heterocycles. The Morgan fingerprint density at radius 2 is 1.44 bits per heavy atom. The Kier molecular flexibility index (Phi) is 12.0. The number of nitrogens with zero attached hydrogens (tertiary/aromatic N) is 4. The van der Waals surface area contributed by atoms with Crippen LogP contribution in [0, 0.1) is 0 Å². The van der Waals surface area contributed by atoms with E-state index in [2.05, 4.69) is 65.1 Å². The fraction of sp³-hybridized carbons (Fsp3) is 0.298. The van der Waals surface area contributed by atoms with Crippen LogP contribution in [0.2, 0.25) is 0 Å². The van der Waals surface area contributed by atoms with Crippen molar-refractivity contribution in [2.45, 2.75) is 18.6 Å². The lowest BCUT2D eigenvalue weighted by Gasteiger charge is -2.35. The summed E-state index contributed by atoms with van der Waals surface area (Å²) in [7, 11) is 4.36. The quantitative estimate of drug-likeness (QED) is 0.0743. The number of fused-ring (bicyclic) bond motifs is 3. The van der Waals surface area contributed by atoms with Crippen molar-refractivity contribution in [3.05, 3.63) is 161 Å². The van der Waals surface area contributed by atoms with Crippen molar-refractivity contribution in [1.29, 1.82) is 0 Å². The highest BCUT2D eigenvalue weighted by molar-refractivity contribution is 5.87. The van der Waals surface area contributed by atoms with Gasteiger partial charge in [0.25, 0.3) is 0 Å². The van der Waals surface area contributed by atoms with Gasteiger partial charge in [-0.2, -0.15) is 0 Å². The molecule has 3 heterocycles. The molecule has 0 N–H and O–H groups in total. The van der Waals surface area contributed by atoms with E-state index in [1.807, 2.05) is 84.9 Å². The van der Waals surface area contributed by atoms with Gasteiger partial charge in [-0.15, -0.1) is 0 Å². The summed E-state index contributed by atoms with van der Waals surface area (Å²) in [6.07, 6.45) is 8.07. The first-order chi connectivity index (χ1) is 26.9. The molecule has 5 aromatic rings. The van der Waals surface area contributed by atoms with Crippen molar-refractivity contribution in [2.24, 2.45) is 0 Å². The summed E-state index contributed by atoms with van der Waals surface area (Å²) >= 11 is 0. The molecule has 0 unspecified atom stereocenters. The molecular formula is C47H52N4O4. The molecule has 0 atom stereocenters. The molecule has 55 heavy (non-hydrogen) atoms. The number of rotatable bonds is 16. The third-order valence-electron chi connectivity index (χ3n) is 10.8. The molecule has 8 heteroatoms. The van der Waals surface area contributed by atoms with Gasteiger partial charge in [0.1, 0.15) is 5.76 Å². The smallest absolute Gasteiger partial charge is 0.305 e. The summed E-state index contributed by atoms with van der Waals surface area (Å²) in [5.41, 5.74) is 5.08. The molecule has 284 valence electrons. The Labute approximate surface area is 325 Å². The average Bonchev–Trinajstić information content (AvgIpc) is 3.64. The first-order valence-corrected chi connectivity index (χ1v) is 19.4. The van der Waals surface area contributed by atoms with Crippen LogP contribution in [0.1, 0.15) is 24.0 Å². The monoisotopic (exact) mass is 736 g/mol. The van der Waals surface area contributed by atoms with Crippen LogP contribution in [0.5, 0.6) is 11.5 Å². The van der Waals surface area contributed by atoms with Crippen molar-refractivity contribution in [2.75, 3.05) is 77.9 Å². The third kappa shape index (κ3) is 8.62. The molecule has 2 aliphatic rings. The summed E-state index contributed by atoms with van der Waals surface area (Å²) in [6.45, 7) is 17.3. The second-order valence-electron chi connectivity index (χ2n) is 14.6. The minimum Gasteiger partial charge on any atom is -0.452 e. The summed E-state index contributed by atoms with van der Waals surface area (Å²) in [4.78, 5) is 23.3. The second-order valence-corrected chi connectivity index (χ2v) is 14.6. The zero-order chi connectivity index (χ0) is 38.2. The van der Waals surface area contributed by atoms with Gasteiger partial charge in [0.2, 0.25) is 5.75 Å². The maximum atomic E-state index is 13.5. The molecular weight excluding hydrogens is 685 g/mol. The second kappa shape index (κ2) is 17.4. The topological polar surface area (TPSA) is 61.6 Å². The van der Waals surface area contributed by atoms with Gasteiger partial charge in [0.05, 0.1) is 5.39 Å². The van der Waals surface area contributed by atoms with Crippen LogP contribution < -0.4 is 19.8 Å². The molecule has 0 aliphatic carbocycles. The van der Waals surface area contributed by atoms with E-state index in [1.54, 1.807) is 18.2 Å². The van der Waals surface area contributed by atoms with Gasteiger partial charge in [-0.05, 0) is 68.4 Å². The van der Waals surface area contributed by atoms with Crippen LogP contribution in [0.3, 0.4) is 0 Å². The number of ether oxygens (including phenoxy) is 2. The van der Waals surface area contributed by atoms with E-state index in [0.29, 0.717) is 28.2 Å². The van der Waals surface area contributed by atoms with Crippen LogP contribution in [-0.2, 0) is 5.79 Å². The van der Waals surface area contributed by atoms with E-state index in [4.69, 9.17) is 13.9 Å². The largest absolute Gasteiger partial charge is 0.452 e. The van der Waals surface area contributed by atoms with Crippen LogP contribution in [0.25, 0.3) is 22.3 Å². The molecule has 0 bridgehead atoms. The maximum absolute atomic E-state index is 13.5. The number of unbranched alkanes of at least 4 members (excludes halogenated alkanes) is 1. The van der Waals surface area contributed by atoms with Crippen molar-refractivity contribution >= 4 is 16.7 Å². The summed E-state index contributed by atoms with van der Waals surface area (Å²) in [5.74, 6) is 0.201.